The van der Waals surface area contributed by atoms with Gasteiger partial charge < -0.3 is 14.6 Å². The van der Waals surface area contributed by atoms with E-state index in [9.17, 15) is 27.1 Å². The number of thioether (sulfide) groups is 1. The van der Waals surface area contributed by atoms with Crippen LogP contribution in [0.25, 0.3) is 0 Å². The van der Waals surface area contributed by atoms with Crippen LogP contribution in [0.3, 0.4) is 0 Å². The molecular formula is C23H19F5N2O3S. The maximum absolute atomic E-state index is 13.6. The number of nitrogens with zero attached hydrogens (tertiary/aromatic N) is 1. The van der Waals surface area contributed by atoms with E-state index in [-0.39, 0.29) is 28.0 Å². The molecule has 2 heterocycles. The highest BCUT2D eigenvalue weighted by molar-refractivity contribution is 7.99. The van der Waals surface area contributed by atoms with E-state index in [1.165, 1.54) is 23.9 Å². The second-order valence-corrected chi connectivity index (χ2v) is 9.66. The summed E-state index contributed by atoms with van der Waals surface area (Å²) in [4.78, 5) is 0.803. The first-order valence-corrected chi connectivity index (χ1v) is 11.4. The summed E-state index contributed by atoms with van der Waals surface area (Å²) in [5.74, 6) is -0.655. The van der Waals surface area contributed by atoms with Gasteiger partial charge in [0.05, 0.1) is 11.8 Å². The summed E-state index contributed by atoms with van der Waals surface area (Å²) >= 11 is 1.43. The molecule has 0 radical (unpaired) electrons. The summed E-state index contributed by atoms with van der Waals surface area (Å²) in [6, 6.07) is 11.8. The lowest BCUT2D eigenvalue weighted by Gasteiger charge is -2.27. The predicted octanol–water partition coefficient (Wildman–Crippen LogP) is 6.56. The van der Waals surface area contributed by atoms with Gasteiger partial charge in [-0.3, -0.25) is 5.10 Å². The topological polar surface area (TPSA) is 67.4 Å². The zero-order valence-electron chi connectivity index (χ0n) is 17.7. The SMILES string of the molecule is CC(Sc1cccc(C2CCC(O)c3[nH]nc(C(F)(F)F)c32)c1)c1ccc2c(c1)OC(F)(F)O2. The van der Waals surface area contributed by atoms with Crippen molar-refractivity contribution in [2.75, 3.05) is 0 Å². The number of halogens is 5. The maximum atomic E-state index is 13.6. The minimum atomic E-state index is -4.64. The first-order valence-electron chi connectivity index (χ1n) is 10.5. The van der Waals surface area contributed by atoms with Crippen LogP contribution < -0.4 is 9.47 Å². The van der Waals surface area contributed by atoms with Gasteiger partial charge in [0.1, 0.15) is 0 Å². The number of H-pyrrole nitrogens is 1. The number of hydrogen-bond acceptors (Lipinski definition) is 5. The van der Waals surface area contributed by atoms with Crippen LogP contribution in [0.15, 0.2) is 47.4 Å². The third-order valence-electron chi connectivity index (χ3n) is 5.98. The molecule has 2 aliphatic rings. The monoisotopic (exact) mass is 498 g/mol. The average molecular weight is 498 g/mol. The van der Waals surface area contributed by atoms with Crippen LogP contribution in [-0.2, 0) is 6.18 Å². The Morgan fingerprint density at radius 1 is 1.12 bits per heavy atom. The number of hydrogen-bond donors (Lipinski definition) is 2. The number of ether oxygens (including phenoxy) is 2. The standard InChI is InChI=1S/C23H19F5N2O3S/c1-11(12-5-8-17-18(10-12)33-23(27,28)32-17)34-14-4-2-3-13(9-14)15-6-7-16(31)20-19(15)21(30-29-20)22(24,25)26/h2-5,8-11,15-16,31H,6-7H2,1H3,(H,29,30). The van der Waals surface area contributed by atoms with Crippen molar-refractivity contribution in [3.63, 3.8) is 0 Å². The molecule has 34 heavy (non-hydrogen) atoms. The molecule has 3 aromatic rings. The number of alkyl halides is 5. The van der Waals surface area contributed by atoms with Crippen LogP contribution in [0.4, 0.5) is 22.0 Å². The molecule has 1 aliphatic heterocycles. The van der Waals surface area contributed by atoms with Crippen LogP contribution in [0.2, 0.25) is 0 Å². The fourth-order valence-electron chi connectivity index (χ4n) is 4.43. The quantitative estimate of drug-likeness (QED) is 0.315. The van der Waals surface area contributed by atoms with Crippen molar-refractivity contribution in [2.45, 2.75) is 54.4 Å². The summed E-state index contributed by atoms with van der Waals surface area (Å²) in [5.41, 5.74) is 0.496. The Morgan fingerprint density at radius 2 is 1.88 bits per heavy atom. The highest BCUT2D eigenvalue weighted by atomic mass is 32.2. The van der Waals surface area contributed by atoms with Gasteiger partial charge in [0.15, 0.2) is 17.2 Å². The van der Waals surface area contributed by atoms with Crippen molar-refractivity contribution in [1.29, 1.82) is 0 Å². The lowest BCUT2D eigenvalue weighted by atomic mass is 9.79. The Balaban J connectivity index is 1.41. The van der Waals surface area contributed by atoms with E-state index in [0.717, 1.165) is 10.5 Å². The molecule has 0 fully saturated rings. The van der Waals surface area contributed by atoms with Crippen LogP contribution in [0, 0.1) is 0 Å². The summed E-state index contributed by atoms with van der Waals surface area (Å²) in [5, 5.41) is 15.9. The van der Waals surface area contributed by atoms with E-state index in [0.29, 0.717) is 18.4 Å². The molecule has 1 aromatic heterocycles. The Hall–Kier alpha value is -2.79. The number of aliphatic hydroxyl groups excluding tert-OH is 1. The highest BCUT2D eigenvalue weighted by Crippen LogP contribution is 2.48. The fourth-order valence-corrected chi connectivity index (χ4v) is 5.48. The summed E-state index contributed by atoms with van der Waals surface area (Å²) in [6.45, 7) is 1.89. The molecule has 5 nitrogen and oxygen atoms in total. The van der Waals surface area contributed by atoms with Gasteiger partial charge >= 0.3 is 12.5 Å². The van der Waals surface area contributed by atoms with E-state index in [2.05, 4.69) is 19.7 Å². The number of benzene rings is 2. The molecule has 0 saturated heterocycles. The third kappa shape index (κ3) is 4.22. The molecule has 11 heteroatoms. The maximum Gasteiger partial charge on any atom is 0.586 e. The molecule has 0 saturated carbocycles. The smallest absolute Gasteiger partial charge is 0.395 e. The number of aliphatic hydroxyl groups is 1. The van der Waals surface area contributed by atoms with E-state index < -0.39 is 30.2 Å². The molecule has 5 rings (SSSR count). The van der Waals surface area contributed by atoms with Crippen molar-refractivity contribution in [3.8, 4) is 11.5 Å². The van der Waals surface area contributed by atoms with Crippen LogP contribution >= 0.6 is 11.8 Å². The Kier molecular flexibility index (Phi) is 5.51. The lowest BCUT2D eigenvalue weighted by Crippen LogP contribution is -2.25. The zero-order chi connectivity index (χ0) is 24.3. The molecule has 2 N–H and O–H groups in total. The van der Waals surface area contributed by atoms with E-state index in [1.54, 1.807) is 18.2 Å². The van der Waals surface area contributed by atoms with Crippen molar-refractivity contribution in [3.05, 3.63) is 70.5 Å². The first-order chi connectivity index (χ1) is 16.0. The minimum absolute atomic E-state index is 0.0156. The second kappa shape index (κ2) is 8.16. The van der Waals surface area contributed by atoms with Crippen molar-refractivity contribution in [1.82, 2.24) is 10.2 Å². The summed E-state index contributed by atoms with van der Waals surface area (Å²) in [7, 11) is 0. The molecule has 0 amide bonds. The second-order valence-electron chi connectivity index (χ2n) is 8.25. The number of aromatic nitrogens is 2. The van der Waals surface area contributed by atoms with Gasteiger partial charge in [-0.2, -0.15) is 18.3 Å². The van der Waals surface area contributed by atoms with Gasteiger partial charge in [-0.25, -0.2) is 0 Å². The van der Waals surface area contributed by atoms with Crippen molar-refractivity contribution < 1.29 is 36.5 Å². The molecule has 0 bridgehead atoms. The van der Waals surface area contributed by atoms with Gasteiger partial charge in [-0.15, -0.1) is 20.5 Å². The largest absolute Gasteiger partial charge is 0.586 e. The zero-order valence-corrected chi connectivity index (χ0v) is 18.5. The third-order valence-corrected chi connectivity index (χ3v) is 7.13. The Morgan fingerprint density at radius 3 is 2.65 bits per heavy atom. The van der Waals surface area contributed by atoms with Crippen molar-refractivity contribution in [2.24, 2.45) is 0 Å². The molecular weight excluding hydrogens is 479 g/mol. The van der Waals surface area contributed by atoms with Gasteiger partial charge in [0, 0.05) is 21.6 Å². The Bertz CT molecular complexity index is 1230. The average Bonchev–Trinajstić information content (AvgIpc) is 3.34. The molecule has 180 valence electrons. The number of aromatic amines is 1. The molecule has 3 unspecified atom stereocenters. The van der Waals surface area contributed by atoms with Crippen LogP contribution in [0.1, 0.15) is 65.1 Å². The van der Waals surface area contributed by atoms with Crippen molar-refractivity contribution >= 4 is 11.8 Å². The van der Waals surface area contributed by atoms with Gasteiger partial charge in [0.2, 0.25) is 0 Å². The van der Waals surface area contributed by atoms with Gasteiger partial charge in [-0.05, 0) is 55.2 Å². The minimum Gasteiger partial charge on any atom is -0.395 e. The Labute approximate surface area is 195 Å². The summed E-state index contributed by atoms with van der Waals surface area (Å²) < 4.78 is 76.3. The molecule has 1 aliphatic carbocycles. The summed E-state index contributed by atoms with van der Waals surface area (Å²) in [6.07, 6.45) is -8.70. The van der Waals surface area contributed by atoms with E-state index in [4.69, 9.17) is 0 Å². The number of nitrogens with one attached hydrogen (secondary N) is 1. The van der Waals surface area contributed by atoms with Gasteiger partial charge in [-0.1, -0.05) is 18.2 Å². The predicted molar refractivity (Wildman–Crippen MR) is 113 cm³/mol. The normalized spacial score (nSPS) is 21.9. The van der Waals surface area contributed by atoms with Gasteiger partial charge in [0.25, 0.3) is 0 Å². The fraction of sp³-hybridized carbons (Fsp3) is 0.348. The van der Waals surface area contributed by atoms with E-state index >= 15 is 0 Å². The lowest BCUT2D eigenvalue weighted by molar-refractivity contribution is -0.286. The molecule has 3 atom stereocenters. The number of fused-ring (bicyclic) bond motifs is 2. The first kappa shape index (κ1) is 23.0. The van der Waals surface area contributed by atoms with Crippen LogP contribution in [0.5, 0.6) is 11.5 Å². The number of rotatable bonds is 4. The van der Waals surface area contributed by atoms with E-state index in [1.807, 2.05) is 19.1 Å². The molecule has 0 spiro atoms. The molecule has 2 aromatic carbocycles. The van der Waals surface area contributed by atoms with Crippen LogP contribution in [-0.4, -0.2) is 21.6 Å². The highest BCUT2D eigenvalue weighted by Gasteiger charge is 2.44.